The van der Waals surface area contributed by atoms with E-state index in [9.17, 15) is 9.90 Å². The molecule has 0 atom stereocenters. The molecule has 84 valence electrons. The van der Waals surface area contributed by atoms with Gasteiger partial charge in [0.15, 0.2) is 0 Å². The molecule has 1 aliphatic heterocycles. The first-order valence-electron chi connectivity index (χ1n) is 5.88. The molecule has 3 rings (SSSR count). The Morgan fingerprint density at radius 2 is 1.94 bits per heavy atom. The summed E-state index contributed by atoms with van der Waals surface area (Å²) in [4.78, 5) is 12.1. The molecular weight excluding hydrogens is 202 g/mol. The summed E-state index contributed by atoms with van der Waals surface area (Å²) in [6.07, 6.45) is 5.06. The summed E-state index contributed by atoms with van der Waals surface area (Å²) in [5, 5.41) is 12.9. The number of hydrogen-bond acceptors (Lipinski definition) is 2. The molecule has 0 unspecified atom stereocenters. The zero-order valence-corrected chi connectivity index (χ0v) is 9.12. The number of phenolic OH excluding ortho intramolecular Hbond substituents is 1. The summed E-state index contributed by atoms with van der Waals surface area (Å²) in [5.41, 5.74) is 1.19. The van der Waals surface area contributed by atoms with Crippen molar-refractivity contribution >= 4 is 11.6 Å². The number of nitrogens with one attached hydrogen (secondary N) is 1. The summed E-state index contributed by atoms with van der Waals surface area (Å²) in [6, 6.07) is 5.32. The maximum absolute atomic E-state index is 12.1. The Morgan fingerprint density at radius 3 is 2.69 bits per heavy atom. The van der Waals surface area contributed by atoms with Crippen LogP contribution >= 0.6 is 0 Å². The Morgan fingerprint density at radius 1 is 1.19 bits per heavy atom. The fourth-order valence-electron chi connectivity index (χ4n) is 3.14. The first-order chi connectivity index (χ1) is 7.74. The Hall–Kier alpha value is -1.51. The first kappa shape index (κ1) is 9.70. The SMILES string of the molecule is O=C1Nc2cccc(O)c2C12CCCCC2. The number of carbonyl (C=O) groups is 1. The van der Waals surface area contributed by atoms with Crippen molar-refractivity contribution in [1.82, 2.24) is 0 Å². The minimum absolute atomic E-state index is 0.0729. The van der Waals surface area contributed by atoms with Gasteiger partial charge in [-0.1, -0.05) is 25.3 Å². The van der Waals surface area contributed by atoms with Crippen LogP contribution in [0.1, 0.15) is 37.7 Å². The summed E-state index contributed by atoms with van der Waals surface area (Å²) in [6.45, 7) is 0. The van der Waals surface area contributed by atoms with Gasteiger partial charge >= 0.3 is 0 Å². The van der Waals surface area contributed by atoms with Crippen LogP contribution in [0.15, 0.2) is 18.2 Å². The normalized spacial score (nSPS) is 21.9. The third kappa shape index (κ3) is 1.11. The van der Waals surface area contributed by atoms with E-state index in [1.165, 1.54) is 6.42 Å². The Kier molecular flexibility index (Phi) is 1.96. The van der Waals surface area contributed by atoms with Gasteiger partial charge in [-0.2, -0.15) is 0 Å². The number of hydrogen-bond donors (Lipinski definition) is 2. The topological polar surface area (TPSA) is 49.3 Å². The van der Waals surface area contributed by atoms with Gasteiger partial charge in [-0.05, 0) is 25.0 Å². The Labute approximate surface area is 94.5 Å². The lowest BCUT2D eigenvalue weighted by Gasteiger charge is -2.31. The van der Waals surface area contributed by atoms with Crippen LogP contribution in [0.3, 0.4) is 0 Å². The average Bonchev–Trinajstić information content (AvgIpc) is 2.55. The van der Waals surface area contributed by atoms with Gasteiger partial charge in [0.25, 0.3) is 0 Å². The average molecular weight is 217 g/mol. The number of aromatic hydroxyl groups is 1. The van der Waals surface area contributed by atoms with Gasteiger partial charge in [0.2, 0.25) is 5.91 Å². The molecule has 1 fully saturated rings. The molecule has 0 saturated heterocycles. The minimum Gasteiger partial charge on any atom is -0.508 e. The maximum Gasteiger partial charge on any atom is 0.235 e. The van der Waals surface area contributed by atoms with Crippen LogP contribution in [0.25, 0.3) is 0 Å². The van der Waals surface area contributed by atoms with Crippen LogP contribution in [0.5, 0.6) is 5.75 Å². The monoisotopic (exact) mass is 217 g/mol. The lowest BCUT2D eigenvalue weighted by atomic mass is 9.70. The van der Waals surface area contributed by atoms with Crippen LogP contribution in [-0.2, 0) is 10.2 Å². The fraction of sp³-hybridized carbons (Fsp3) is 0.462. The van der Waals surface area contributed by atoms with Crippen molar-refractivity contribution < 1.29 is 9.90 Å². The fourth-order valence-corrected chi connectivity index (χ4v) is 3.14. The van der Waals surface area contributed by atoms with Crippen LogP contribution in [0.4, 0.5) is 5.69 Å². The maximum atomic E-state index is 12.1. The third-order valence-electron chi connectivity index (χ3n) is 3.91. The van der Waals surface area contributed by atoms with Gasteiger partial charge in [-0.3, -0.25) is 4.79 Å². The second-order valence-corrected chi connectivity index (χ2v) is 4.80. The molecule has 0 bridgehead atoms. The molecule has 3 nitrogen and oxygen atoms in total. The number of fused-ring (bicyclic) bond motifs is 2. The van der Waals surface area contributed by atoms with Crippen LogP contribution < -0.4 is 5.32 Å². The van der Waals surface area contributed by atoms with Gasteiger partial charge in [-0.25, -0.2) is 0 Å². The van der Waals surface area contributed by atoms with Crippen LogP contribution in [0, 0.1) is 0 Å². The molecule has 0 aromatic heterocycles. The second-order valence-electron chi connectivity index (χ2n) is 4.80. The van der Waals surface area contributed by atoms with Gasteiger partial charge in [-0.15, -0.1) is 0 Å². The van der Waals surface area contributed by atoms with Crippen molar-refractivity contribution in [1.29, 1.82) is 0 Å². The van der Waals surface area contributed by atoms with Gasteiger partial charge in [0.1, 0.15) is 5.75 Å². The highest BCUT2D eigenvalue weighted by atomic mass is 16.3. The van der Waals surface area contributed by atoms with E-state index in [0.717, 1.165) is 36.9 Å². The summed E-state index contributed by atoms with van der Waals surface area (Å²) >= 11 is 0. The molecule has 1 spiro atoms. The minimum atomic E-state index is -0.446. The molecular formula is C13H15NO2. The molecule has 1 heterocycles. The molecule has 1 aliphatic carbocycles. The third-order valence-corrected chi connectivity index (χ3v) is 3.91. The largest absolute Gasteiger partial charge is 0.508 e. The Bertz CT molecular complexity index is 447. The van der Waals surface area contributed by atoms with E-state index in [1.807, 2.05) is 6.07 Å². The van der Waals surface area contributed by atoms with E-state index in [4.69, 9.17) is 0 Å². The van der Waals surface area contributed by atoms with Crippen molar-refractivity contribution in [2.75, 3.05) is 5.32 Å². The lowest BCUT2D eigenvalue weighted by molar-refractivity contribution is -0.122. The van der Waals surface area contributed by atoms with E-state index >= 15 is 0 Å². The van der Waals surface area contributed by atoms with E-state index < -0.39 is 5.41 Å². The highest BCUT2D eigenvalue weighted by molar-refractivity contribution is 6.07. The molecule has 0 radical (unpaired) electrons. The standard InChI is InChI=1S/C13H15NO2/c15-10-6-4-5-9-11(10)13(12(16)14-9)7-2-1-3-8-13/h4-6,15H,1-3,7-8H2,(H,14,16). The molecule has 1 amide bonds. The van der Waals surface area contributed by atoms with Gasteiger partial charge < -0.3 is 10.4 Å². The number of carbonyl (C=O) groups excluding carboxylic acids is 1. The number of anilines is 1. The molecule has 3 heteroatoms. The van der Waals surface area contributed by atoms with E-state index in [1.54, 1.807) is 12.1 Å². The van der Waals surface area contributed by atoms with Crippen LogP contribution in [0.2, 0.25) is 0 Å². The highest BCUT2D eigenvalue weighted by Crippen LogP contribution is 2.50. The number of benzene rings is 1. The lowest BCUT2D eigenvalue weighted by Crippen LogP contribution is -2.36. The van der Waals surface area contributed by atoms with Gasteiger partial charge in [0, 0.05) is 11.3 Å². The summed E-state index contributed by atoms with van der Waals surface area (Å²) < 4.78 is 0. The highest BCUT2D eigenvalue weighted by Gasteiger charge is 2.48. The molecule has 1 aromatic carbocycles. The van der Waals surface area contributed by atoms with E-state index in [0.29, 0.717) is 0 Å². The number of amides is 1. The van der Waals surface area contributed by atoms with Gasteiger partial charge in [0.05, 0.1) is 5.41 Å². The number of phenols is 1. The van der Waals surface area contributed by atoms with Crippen molar-refractivity contribution in [2.24, 2.45) is 0 Å². The van der Waals surface area contributed by atoms with Crippen LogP contribution in [-0.4, -0.2) is 11.0 Å². The quantitative estimate of drug-likeness (QED) is 0.701. The van der Waals surface area contributed by atoms with Crippen molar-refractivity contribution in [3.63, 3.8) is 0 Å². The summed E-state index contributed by atoms with van der Waals surface area (Å²) in [7, 11) is 0. The van der Waals surface area contributed by atoms with Crippen molar-refractivity contribution in [3.05, 3.63) is 23.8 Å². The van der Waals surface area contributed by atoms with Crippen molar-refractivity contribution in [3.8, 4) is 5.75 Å². The number of rotatable bonds is 0. The summed E-state index contributed by atoms with van der Waals surface area (Å²) in [5.74, 6) is 0.335. The first-order valence-corrected chi connectivity index (χ1v) is 5.88. The molecule has 16 heavy (non-hydrogen) atoms. The smallest absolute Gasteiger partial charge is 0.235 e. The Balaban J connectivity index is 2.17. The molecule has 1 aromatic rings. The van der Waals surface area contributed by atoms with Crippen molar-refractivity contribution in [2.45, 2.75) is 37.5 Å². The zero-order chi connectivity index (χ0) is 11.2. The zero-order valence-electron chi connectivity index (χ0n) is 9.12. The van der Waals surface area contributed by atoms with E-state index in [2.05, 4.69) is 5.32 Å². The molecule has 2 N–H and O–H groups in total. The second kappa shape index (κ2) is 3.24. The molecule has 1 saturated carbocycles. The van der Waals surface area contributed by atoms with E-state index in [-0.39, 0.29) is 11.7 Å². The molecule has 2 aliphatic rings. The predicted octanol–water partition coefficient (Wildman–Crippen LogP) is 2.55. The predicted molar refractivity (Wildman–Crippen MR) is 61.5 cm³/mol.